The van der Waals surface area contributed by atoms with Crippen molar-refractivity contribution in [1.29, 1.82) is 0 Å². The lowest BCUT2D eigenvalue weighted by Gasteiger charge is -2.14. The summed E-state index contributed by atoms with van der Waals surface area (Å²) < 4.78 is 5.31. The van der Waals surface area contributed by atoms with Gasteiger partial charge in [0, 0.05) is 12.7 Å². The Morgan fingerprint density at radius 1 is 0.944 bits per heavy atom. The molecule has 5 N–H and O–H groups in total. The quantitative estimate of drug-likeness (QED) is 0.229. The summed E-state index contributed by atoms with van der Waals surface area (Å²) >= 11 is 0. The van der Waals surface area contributed by atoms with Gasteiger partial charge in [0.05, 0.1) is 28.5 Å². The molecule has 180 valence electrons. The molecule has 9 nitrogen and oxygen atoms in total. The van der Waals surface area contributed by atoms with Crippen LogP contribution in [0.3, 0.4) is 0 Å². The van der Waals surface area contributed by atoms with Gasteiger partial charge in [-0.1, -0.05) is 54.6 Å². The Labute approximate surface area is 205 Å². The first-order valence-electron chi connectivity index (χ1n) is 11.3. The number of benzene rings is 3. The summed E-state index contributed by atoms with van der Waals surface area (Å²) in [7, 11) is 0. The molecule has 2 aromatic heterocycles. The molecule has 0 saturated carbocycles. The molecule has 2 heterocycles. The molecule has 0 radical (unpaired) electrons. The third-order valence-electron chi connectivity index (χ3n) is 5.58. The van der Waals surface area contributed by atoms with Crippen molar-refractivity contribution in [2.75, 3.05) is 17.2 Å². The van der Waals surface area contributed by atoms with E-state index >= 15 is 0 Å². The summed E-state index contributed by atoms with van der Waals surface area (Å²) in [5.74, 6) is 0.728. The largest absolute Gasteiger partial charge is 0.417 e. The number of para-hydroxylation sites is 2. The molecule has 9 heteroatoms. The normalized spacial score (nSPS) is 11.7. The molecule has 3 aromatic carbocycles. The van der Waals surface area contributed by atoms with Gasteiger partial charge in [0.15, 0.2) is 0 Å². The topological polar surface area (TPSA) is 132 Å². The van der Waals surface area contributed by atoms with E-state index in [1.54, 1.807) is 48.5 Å². The Morgan fingerprint density at radius 2 is 1.69 bits per heavy atom. The lowest BCUT2D eigenvalue weighted by atomic mass is 10.1. The molecule has 0 aliphatic rings. The lowest BCUT2D eigenvalue weighted by Crippen LogP contribution is -2.17. The molecular formula is C27H23N5O4. The molecule has 1 amide bonds. The van der Waals surface area contributed by atoms with Crippen LogP contribution in [-0.2, 0) is 0 Å². The minimum Gasteiger partial charge on any atom is -0.410 e. The highest BCUT2D eigenvalue weighted by Gasteiger charge is 2.17. The minimum absolute atomic E-state index is 0.193. The second-order valence-corrected chi connectivity index (χ2v) is 8.02. The van der Waals surface area contributed by atoms with Crippen LogP contribution in [0, 0.1) is 0 Å². The van der Waals surface area contributed by atoms with Gasteiger partial charge in [-0.15, -0.1) is 0 Å². The molecule has 5 rings (SSSR count). The summed E-state index contributed by atoms with van der Waals surface area (Å²) in [6.07, 6.45) is 0.110. The highest BCUT2D eigenvalue weighted by Crippen LogP contribution is 2.28. The number of anilines is 2. The minimum atomic E-state index is -0.763. The molecule has 0 aliphatic heterocycles. The number of pyridine rings is 1. The zero-order valence-electron chi connectivity index (χ0n) is 19.1. The summed E-state index contributed by atoms with van der Waals surface area (Å²) in [4.78, 5) is 35.6. The maximum Gasteiger partial charge on any atom is 0.417 e. The molecule has 0 saturated heterocycles. The molecule has 0 spiro atoms. The number of hydrogen-bond donors (Lipinski definition) is 5. The number of amides is 1. The standard InChI is InChI=1S/C27H23N5O4/c33-22(17-8-3-1-4-9-17)16-29-19-14-15-28-26(34)23(19)25-30-20-12-7-13-21(24(20)32-25)31-27(35)36-18-10-5-2-6-11-18/h1-15,22,33H,16H2,(H,30,32)(H,31,35)(H2,28,29,34). The first kappa shape index (κ1) is 22.9. The van der Waals surface area contributed by atoms with Crippen LogP contribution in [0.2, 0.25) is 0 Å². The number of H-pyrrole nitrogens is 2. The number of imidazole rings is 1. The molecular weight excluding hydrogens is 458 g/mol. The third-order valence-corrected chi connectivity index (χ3v) is 5.58. The first-order valence-corrected chi connectivity index (χ1v) is 11.3. The summed E-state index contributed by atoms with van der Waals surface area (Å²) in [6, 6.07) is 24.9. The maximum absolute atomic E-state index is 12.8. The number of nitrogens with zero attached hydrogens (tertiary/aromatic N) is 1. The zero-order valence-corrected chi connectivity index (χ0v) is 19.1. The smallest absolute Gasteiger partial charge is 0.410 e. The van der Waals surface area contributed by atoms with Crippen LogP contribution in [0.1, 0.15) is 11.7 Å². The van der Waals surface area contributed by atoms with E-state index in [-0.39, 0.29) is 17.7 Å². The fourth-order valence-electron chi connectivity index (χ4n) is 3.85. The summed E-state index contributed by atoms with van der Waals surface area (Å²) in [5, 5.41) is 16.4. The number of ether oxygens (including phenoxy) is 1. The molecule has 0 aliphatic carbocycles. The molecule has 1 atom stereocenters. The number of aromatic amines is 2. The predicted molar refractivity (Wildman–Crippen MR) is 138 cm³/mol. The van der Waals surface area contributed by atoms with E-state index in [0.29, 0.717) is 34.0 Å². The third kappa shape index (κ3) is 4.96. The van der Waals surface area contributed by atoms with Crippen molar-refractivity contribution >= 4 is 28.5 Å². The number of hydrogen-bond acceptors (Lipinski definition) is 6. The number of carbonyl (C=O) groups excluding carboxylic acids is 1. The second kappa shape index (κ2) is 10.2. The fourth-order valence-corrected chi connectivity index (χ4v) is 3.85. The van der Waals surface area contributed by atoms with E-state index in [0.717, 1.165) is 5.56 Å². The van der Waals surface area contributed by atoms with E-state index < -0.39 is 12.2 Å². The highest BCUT2D eigenvalue weighted by atomic mass is 16.6. The molecule has 1 unspecified atom stereocenters. The van der Waals surface area contributed by atoms with Crippen LogP contribution in [0.5, 0.6) is 5.75 Å². The number of nitrogens with one attached hydrogen (secondary N) is 4. The lowest BCUT2D eigenvalue weighted by molar-refractivity contribution is 0.191. The monoisotopic (exact) mass is 481 g/mol. The number of fused-ring (bicyclic) bond motifs is 1. The van der Waals surface area contributed by atoms with E-state index in [1.165, 1.54) is 6.20 Å². The number of aliphatic hydroxyl groups is 1. The Balaban J connectivity index is 1.41. The van der Waals surface area contributed by atoms with Crippen molar-refractivity contribution < 1.29 is 14.6 Å². The SMILES string of the molecule is O=C(Nc1cccc2nc(-c3c(NCC(O)c4ccccc4)cc[nH]c3=O)[nH]c12)Oc1ccccc1. The van der Waals surface area contributed by atoms with Crippen LogP contribution in [-0.4, -0.2) is 32.7 Å². The van der Waals surface area contributed by atoms with Crippen LogP contribution in [0.15, 0.2) is 95.9 Å². The number of carbonyl (C=O) groups is 1. The van der Waals surface area contributed by atoms with Crippen LogP contribution in [0.4, 0.5) is 16.2 Å². The van der Waals surface area contributed by atoms with Crippen molar-refractivity contribution in [1.82, 2.24) is 15.0 Å². The number of aromatic nitrogens is 3. The van der Waals surface area contributed by atoms with Crippen LogP contribution < -0.4 is 20.9 Å². The Hall–Kier alpha value is -4.89. The van der Waals surface area contributed by atoms with Gasteiger partial charge >= 0.3 is 6.09 Å². The average molecular weight is 482 g/mol. The second-order valence-electron chi connectivity index (χ2n) is 8.02. The van der Waals surface area contributed by atoms with Crippen LogP contribution in [0.25, 0.3) is 22.4 Å². The molecule has 0 bridgehead atoms. The van der Waals surface area contributed by atoms with Crippen molar-refractivity contribution in [3.05, 3.63) is 107 Å². The van der Waals surface area contributed by atoms with Gasteiger partial charge in [0.2, 0.25) is 0 Å². The number of rotatable bonds is 7. The predicted octanol–water partition coefficient (Wildman–Crippen LogP) is 4.67. The molecule has 36 heavy (non-hydrogen) atoms. The van der Waals surface area contributed by atoms with E-state index in [9.17, 15) is 14.7 Å². The Bertz CT molecular complexity index is 1550. The zero-order chi connectivity index (χ0) is 24.9. The first-order chi connectivity index (χ1) is 17.6. The average Bonchev–Trinajstić information content (AvgIpc) is 3.33. The molecule has 0 fully saturated rings. The van der Waals surface area contributed by atoms with Gasteiger partial charge in [0.1, 0.15) is 17.1 Å². The van der Waals surface area contributed by atoms with Gasteiger partial charge in [0.25, 0.3) is 5.56 Å². The van der Waals surface area contributed by atoms with Gasteiger partial charge in [-0.25, -0.2) is 9.78 Å². The summed E-state index contributed by atoms with van der Waals surface area (Å²) in [6.45, 7) is 0.193. The Kier molecular flexibility index (Phi) is 6.46. The van der Waals surface area contributed by atoms with E-state index in [4.69, 9.17) is 4.74 Å². The fraction of sp³-hybridized carbons (Fsp3) is 0.0741. The maximum atomic E-state index is 12.8. The van der Waals surface area contributed by atoms with Crippen molar-refractivity contribution in [2.24, 2.45) is 0 Å². The van der Waals surface area contributed by atoms with E-state index in [1.807, 2.05) is 36.4 Å². The number of aliphatic hydroxyl groups excluding tert-OH is 1. The van der Waals surface area contributed by atoms with Gasteiger partial charge in [-0.2, -0.15) is 0 Å². The van der Waals surface area contributed by atoms with Gasteiger partial charge < -0.3 is 25.1 Å². The highest BCUT2D eigenvalue weighted by molar-refractivity contribution is 5.98. The Morgan fingerprint density at radius 3 is 2.47 bits per heavy atom. The van der Waals surface area contributed by atoms with Crippen molar-refractivity contribution in [2.45, 2.75) is 6.10 Å². The van der Waals surface area contributed by atoms with Crippen LogP contribution >= 0.6 is 0 Å². The van der Waals surface area contributed by atoms with Crippen molar-refractivity contribution in [3.8, 4) is 17.1 Å². The summed E-state index contributed by atoms with van der Waals surface area (Å²) in [5.41, 5.74) is 2.74. The van der Waals surface area contributed by atoms with E-state index in [2.05, 4.69) is 25.6 Å². The van der Waals surface area contributed by atoms with Gasteiger partial charge in [-0.3, -0.25) is 10.1 Å². The molecule has 5 aromatic rings. The van der Waals surface area contributed by atoms with Crippen molar-refractivity contribution in [3.63, 3.8) is 0 Å². The van der Waals surface area contributed by atoms with Gasteiger partial charge in [-0.05, 0) is 35.9 Å².